The number of rotatable bonds is 22. The normalized spacial score (nSPS) is 15.7. The molecule has 0 unspecified atom stereocenters. The Balaban J connectivity index is 1.18. The predicted octanol–water partition coefficient (Wildman–Crippen LogP) is 8.50. The number of carbonyl (C=O) groups excluding carboxylic acids is 3. The second kappa shape index (κ2) is 21.6. The molecule has 0 bridgehead atoms. The van der Waals surface area contributed by atoms with Gasteiger partial charge < -0.3 is 29.5 Å². The molecule has 1 fully saturated rings. The molecule has 1 aliphatic carbocycles. The monoisotopic (exact) mass is 649 g/mol. The van der Waals surface area contributed by atoms with Gasteiger partial charge in [-0.25, -0.2) is 4.79 Å². The predicted molar refractivity (Wildman–Crippen MR) is 181 cm³/mol. The summed E-state index contributed by atoms with van der Waals surface area (Å²) in [4.78, 5) is 36.3. The third-order valence-electron chi connectivity index (χ3n) is 8.53. The smallest absolute Gasteiger partial charge is 0.330 e. The minimum Gasteiger partial charge on any atom is -0.507 e. The van der Waals surface area contributed by atoms with Crippen molar-refractivity contribution < 1.29 is 38.4 Å². The lowest BCUT2D eigenvalue weighted by Gasteiger charge is -2.25. The van der Waals surface area contributed by atoms with E-state index in [1.165, 1.54) is 75.6 Å². The standard InChI is InChI=1S/C38H51NO8/c1-2-36(41)45-26-14-12-10-8-6-4-3-5-7-9-11-13-25-44-32-19-21-33(22-20-32)46-37(42)29-15-17-30(18-16-29)38(43)47-34-23-24-35(40)31(27-34)28-39/h2,19-24,27-30,39-40H,1,3-18,25-26H2/t29-,30+. The zero-order valence-electron chi connectivity index (χ0n) is 27.6. The Labute approximate surface area is 279 Å². The minimum absolute atomic E-state index is 0.0482. The van der Waals surface area contributed by atoms with Crippen LogP contribution in [0.3, 0.4) is 0 Å². The van der Waals surface area contributed by atoms with Crippen LogP contribution in [-0.2, 0) is 19.1 Å². The maximum Gasteiger partial charge on any atom is 0.330 e. The first-order valence-electron chi connectivity index (χ1n) is 17.2. The molecule has 2 aromatic carbocycles. The van der Waals surface area contributed by atoms with Gasteiger partial charge in [0.15, 0.2) is 0 Å². The summed E-state index contributed by atoms with van der Waals surface area (Å²) in [5, 5.41) is 17.0. The number of hydrogen-bond acceptors (Lipinski definition) is 9. The van der Waals surface area contributed by atoms with Crippen molar-refractivity contribution in [2.75, 3.05) is 13.2 Å². The fourth-order valence-corrected chi connectivity index (χ4v) is 5.67. The molecule has 0 saturated heterocycles. The van der Waals surface area contributed by atoms with Gasteiger partial charge in [0.2, 0.25) is 0 Å². The van der Waals surface area contributed by atoms with Gasteiger partial charge in [0.25, 0.3) is 0 Å². The average Bonchev–Trinajstić information content (AvgIpc) is 3.09. The first-order chi connectivity index (χ1) is 22.9. The molecule has 256 valence electrons. The molecule has 3 rings (SSSR count). The molecule has 2 aromatic rings. The molecule has 9 nitrogen and oxygen atoms in total. The van der Waals surface area contributed by atoms with Gasteiger partial charge in [-0.2, -0.15) is 0 Å². The van der Waals surface area contributed by atoms with Gasteiger partial charge >= 0.3 is 17.9 Å². The van der Waals surface area contributed by atoms with E-state index < -0.39 is 0 Å². The van der Waals surface area contributed by atoms with E-state index in [0.29, 0.717) is 44.6 Å². The van der Waals surface area contributed by atoms with Crippen LogP contribution in [0.2, 0.25) is 0 Å². The zero-order valence-corrected chi connectivity index (χ0v) is 27.6. The molecular weight excluding hydrogens is 598 g/mol. The van der Waals surface area contributed by atoms with Crippen molar-refractivity contribution in [1.82, 2.24) is 0 Å². The fourth-order valence-electron chi connectivity index (χ4n) is 5.67. The number of aromatic hydroxyl groups is 1. The van der Waals surface area contributed by atoms with E-state index in [4.69, 9.17) is 24.4 Å². The van der Waals surface area contributed by atoms with E-state index in [1.54, 1.807) is 12.1 Å². The molecule has 47 heavy (non-hydrogen) atoms. The summed E-state index contributed by atoms with van der Waals surface area (Å²) in [6, 6.07) is 11.5. The molecule has 0 radical (unpaired) electrons. The quantitative estimate of drug-likeness (QED) is 0.0427. The van der Waals surface area contributed by atoms with Gasteiger partial charge in [0, 0.05) is 17.9 Å². The first kappa shape index (κ1) is 37.3. The molecule has 0 atom stereocenters. The third-order valence-corrected chi connectivity index (χ3v) is 8.53. The van der Waals surface area contributed by atoms with Crippen LogP contribution in [0.4, 0.5) is 0 Å². The van der Waals surface area contributed by atoms with Crippen LogP contribution in [0.1, 0.15) is 108 Å². The third kappa shape index (κ3) is 14.4. The SMILES string of the molecule is C=CC(=O)OCCCCCCCCCCCCCCOc1ccc(OC(=O)[C@H]2CC[C@@H](C(=O)Oc3ccc(O)c(C=N)c3)CC2)cc1. The first-order valence-corrected chi connectivity index (χ1v) is 17.2. The largest absolute Gasteiger partial charge is 0.507 e. The van der Waals surface area contributed by atoms with Crippen LogP contribution in [0.25, 0.3) is 0 Å². The summed E-state index contributed by atoms with van der Waals surface area (Å²) >= 11 is 0. The Morgan fingerprint density at radius 1 is 0.681 bits per heavy atom. The second-order valence-corrected chi connectivity index (χ2v) is 12.2. The van der Waals surface area contributed by atoms with Gasteiger partial charge in [-0.15, -0.1) is 0 Å². The number of phenolic OH excluding ortho intramolecular Hbond substituents is 1. The summed E-state index contributed by atoms with van der Waals surface area (Å²) in [6.45, 7) is 4.54. The van der Waals surface area contributed by atoms with Crippen molar-refractivity contribution in [3.63, 3.8) is 0 Å². The Kier molecular flexibility index (Phi) is 17.2. The number of ether oxygens (including phenoxy) is 4. The van der Waals surface area contributed by atoms with Crippen molar-refractivity contribution in [2.24, 2.45) is 11.8 Å². The Hall–Kier alpha value is -4.14. The number of hydrogen-bond donors (Lipinski definition) is 2. The number of esters is 3. The molecule has 0 aliphatic heterocycles. The van der Waals surface area contributed by atoms with Crippen LogP contribution in [0, 0.1) is 17.2 Å². The zero-order chi connectivity index (χ0) is 33.7. The highest BCUT2D eigenvalue weighted by Gasteiger charge is 2.32. The molecule has 0 heterocycles. The van der Waals surface area contributed by atoms with E-state index in [9.17, 15) is 19.5 Å². The van der Waals surface area contributed by atoms with Crippen LogP contribution < -0.4 is 14.2 Å². The van der Waals surface area contributed by atoms with Gasteiger partial charge in [-0.1, -0.05) is 70.8 Å². The molecule has 1 saturated carbocycles. The van der Waals surface area contributed by atoms with Crippen molar-refractivity contribution in [3.05, 3.63) is 60.7 Å². The Morgan fingerprint density at radius 2 is 1.13 bits per heavy atom. The maximum atomic E-state index is 12.7. The van der Waals surface area contributed by atoms with E-state index >= 15 is 0 Å². The molecular formula is C38H51NO8. The summed E-state index contributed by atoms with van der Waals surface area (Å²) in [7, 11) is 0. The van der Waals surface area contributed by atoms with E-state index in [0.717, 1.165) is 37.6 Å². The lowest BCUT2D eigenvalue weighted by molar-refractivity contribution is -0.145. The van der Waals surface area contributed by atoms with Gasteiger partial charge in [0.1, 0.15) is 23.0 Å². The molecule has 2 N–H and O–H groups in total. The van der Waals surface area contributed by atoms with E-state index in [-0.39, 0.29) is 46.8 Å². The summed E-state index contributed by atoms with van der Waals surface area (Å²) in [6.07, 6.45) is 18.6. The number of benzene rings is 2. The van der Waals surface area contributed by atoms with Crippen LogP contribution in [0.15, 0.2) is 55.1 Å². The Morgan fingerprint density at radius 3 is 1.64 bits per heavy atom. The molecule has 0 amide bonds. The number of carbonyl (C=O) groups is 3. The summed E-state index contributed by atoms with van der Waals surface area (Å²) < 4.78 is 21.9. The van der Waals surface area contributed by atoms with Gasteiger partial charge in [0.05, 0.1) is 25.0 Å². The topological polar surface area (TPSA) is 132 Å². The maximum absolute atomic E-state index is 12.7. The van der Waals surface area contributed by atoms with Crippen LogP contribution in [0.5, 0.6) is 23.0 Å². The lowest BCUT2D eigenvalue weighted by Crippen LogP contribution is -2.30. The summed E-state index contributed by atoms with van der Waals surface area (Å²) in [5.41, 5.74) is 0.276. The highest BCUT2D eigenvalue weighted by Crippen LogP contribution is 2.32. The highest BCUT2D eigenvalue weighted by molar-refractivity contribution is 5.83. The highest BCUT2D eigenvalue weighted by atomic mass is 16.5. The fraction of sp³-hybridized carbons (Fsp3) is 0.526. The molecule has 0 spiro atoms. The second-order valence-electron chi connectivity index (χ2n) is 12.2. The van der Waals surface area contributed by atoms with E-state index in [1.807, 2.05) is 12.1 Å². The lowest BCUT2D eigenvalue weighted by atomic mass is 9.82. The number of phenols is 1. The van der Waals surface area contributed by atoms with Crippen molar-refractivity contribution in [2.45, 2.75) is 103 Å². The number of unbranched alkanes of at least 4 members (excludes halogenated alkanes) is 11. The average molecular weight is 650 g/mol. The van der Waals surface area contributed by atoms with Gasteiger partial charge in [-0.05, 0) is 81.0 Å². The molecule has 9 heteroatoms. The molecule has 0 aromatic heterocycles. The van der Waals surface area contributed by atoms with Crippen molar-refractivity contribution in [3.8, 4) is 23.0 Å². The summed E-state index contributed by atoms with van der Waals surface area (Å²) in [5.74, 6) is -0.118. The van der Waals surface area contributed by atoms with Crippen LogP contribution >= 0.6 is 0 Å². The van der Waals surface area contributed by atoms with Crippen LogP contribution in [-0.4, -0.2) is 42.4 Å². The van der Waals surface area contributed by atoms with Crippen molar-refractivity contribution >= 4 is 24.1 Å². The minimum atomic E-state index is -0.369. The van der Waals surface area contributed by atoms with E-state index in [2.05, 4.69) is 6.58 Å². The van der Waals surface area contributed by atoms with Crippen molar-refractivity contribution in [1.29, 1.82) is 5.41 Å². The molecule has 1 aliphatic rings. The van der Waals surface area contributed by atoms with Gasteiger partial charge in [-0.3, -0.25) is 9.59 Å². The Bertz CT molecular complexity index is 1270. The number of nitrogens with one attached hydrogen (secondary N) is 1.